The van der Waals surface area contributed by atoms with Gasteiger partial charge in [0.05, 0.1) is 17.7 Å². The molecule has 0 radical (unpaired) electrons. The van der Waals surface area contributed by atoms with Crippen LogP contribution in [-0.2, 0) is 4.74 Å². The average Bonchev–Trinajstić information content (AvgIpc) is 2.96. The largest absolute Gasteiger partial charge is 0.455 e. The summed E-state index contributed by atoms with van der Waals surface area (Å²) in [5.41, 5.74) is 2.88. The first-order valence-corrected chi connectivity index (χ1v) is 6.40. The molecule has 1 heterocycles. The molecule has 0 spiro atoms. The number of ether oxygens (including phenoxy) is 1. The number of nitro benzene ring substituents is 1. The molecule has 2 rings (SSSR count). The number of carbonyl (C=O) groups excluding carboxylic acids is 1. The third-order valence-corrected chi connectivity index (χ3v) is 2.61. The van der Waals surface area contributed by atoms with Gasteiger partial charge in [0.2, 0.25) is 0 Å². The van der Waals surface area contributed by atoms with Gasteiger partial charge in [0.15, 0.2) is 0 Å². The predicted molar refractivity (Wildman–Crippen MR) is 78.6 cm³/mol. The Labute approximate surface area is 125 Å². The second kappa shape index (κ2) is 7.02. The van der Waals surface area contributed by atoms with E-state index in [1.807, 2.05) is 0 Å². The topological polar surface area (TPSA) is 107 Å². The first kappa shape index (κ1) is 15.2. The van der Waals surface area contributed by atoms with Crippen molar-refractivity contribution >= 4 is 18.0 Å². The van der Waals surface area contributed by atoms with Crippen LogP contribution >= 0.6 is 0 Å². The Morgan fingerprint density at radius 3 is 2.73 bits per heavy atom. The minimum absolute atomic E-state index is 0.00993. The summed E-state index contributed by atoms with van der Waals surface area (Å²) in [7, 11) is 0. The summed E-state index contributed by atoms with van der Waals surface area (Å²) in [5.74, 6) is 0.956. The summed E-state index contributed by atoms with van der Waals surface area (Å²) in [5, 5.41) is 14.3. The molecule has 0 saturated carbocycles. The van der Waals surface area contributed by atoms with Gasteiger partial charge >= 0.3 is 6.09 Å². The number of furan rings is 1. The molecule has 1 aromatic carbocycles. The SMILES string of the molecule is CCOC(=O)N/N=C/c1ccc(-c2ccc([N+](=O)[O-])cc2)o1. The van der Waals surface area contributed by atoms with Crippen molar-refractivity contribution in [3.8, 4) is 11.3 Å². The van der Waals surface area contributed by atoms with Crippen LogP contribution in [0, 0.1) is 10.1 Å². The summed E-state index contributed by atoms with van der Waals surface area (Å²) < 4.78 is 10.1. The van der Waals surface area contributed by atoms with Gasteiger partial charge in [-0.05, 0) is 31.2 Å². The molecular weight excluding hydrogens is 290 g/mol. The molecule has 1 aromatic heterocycles. The fourth-order valence-corrected chi connectivity index (χ4v) is 1.64. The summed E-state index contributed by atoms with van der Waals surface area (Å²) in [6.45, 7) is 1.94. The van der Waals surface area contributed by atoms with Gasteiger partial charge < -0.3 is 9.15 Å². The van der Waals surface area contributed by atoms with Gasteiger partial charge in [-0.3, -0.25) is 10.1 Å². The summed E-state index contributed by atoms with van der Waals surface area (Å²) in [4.78, 5) is 21.1. The number of hydrogen-bond acceptors (Lipinski definition) is 6. The molecule has 0 aliphatic heterocycles. The molecule has 1 amide bonds. The molecule has 1 N–H and O–H groups in total. The number of nitrogens with one attached hydrogen (secondary N) is 1. The van der Waals surface area contributed by atoms with Crippen molar-refractivity contribution in [2.75, 3.05) is 6.61 Å². The smallest absolute Gasteiger partial charge is 0.427 e. The van der Waals surface area contributed by atoms with Crippen molar-refractivity contribution in [2.24, 2.45) is 5.10 Å². The maximum absolute atomic E-state index is 11.0. The van der Waals surface area contributed by atoms with Crippen LogP contribution in [0.15, 0.2) is 45.9 Å². The summed E-state index contributed by atoms with van der Waals surface area (Å²) in [6, 6.07) is 9.34. The Hall–Kier alpha value is -3.16. The Kier molecular flexibility index (Phi) is 4.86. The third-order valence-electron chi connectivity index (χ3n) is 2.61. The van der Waals surface area contributed by atoms with Gasteiger partial charge in [0, 0.05) is 17.7 Å². The van der Waals surface area contributed by atoms with Gasteiger partial charge in [0.1, 0.15) is 11.5 Å². The van der Waals surface area contributed by atoms with Gasteiger partial charge in [-0.2, -0.15) is 5.10 Å². The van der Waals surface area contributed by atoms with Gasteiger partial charge in [0.25, 0.3) is 5.69 Å². The van der Waals surface area contributed by atoms with Crippen LogP contribution in [0.4, 0.5) is 10.5 Å². The molecule has 0 aliphatic rings. The second-order valence-electron chi connectivity index (χ2n) is 4.10. The standard InChI is InChI=1S/C14H13N3O5/c1-2-21-14(18)16-15-9-12-7-8-13(22-12)10-3-5-11(6-4-10)17(19)20/h3-9H,2H2,1H3,(H,16,18)/b15-9+. The van der Waals surface area contributed by atoms with E-state index in [-0.39, 0.29) is 12.3 Å². The van der Waals surface area contributed by atoms with Crippen molar-refractivity contribution in [3.63, 3.8) is 0 Å². The van der Waals surface area contributed by atoms with Gasteiger partial charge in [-0.25, -0.2) is 10.2 Å². The molecule has 0 aliphatic carbocycles. The van der Waals surface area contributed by atoms with E-state index in [4.69, 9.17) is 4.42 Å². The Bertz CT molecular complexity index is 691. The highest BCUT2D eigenvalue weighted by Crippen LogP contribution is 2.23. The van der Waals surface area contributed by atoms with Crippen molar-refractivity contribution < 1.29 is 18.9 Å². The highest BCUT2D eigenvalue weighted by Gasteiger charge is 2.08. The lowest BCUT2D eigenvalue weighted by molar-refractivity contribution is -0.384. The number of amides is 1. The average molecular weight is 303 g/mol. The third kappa shape index (κ3) is 3.92. The van der Waals surface area contributed by atoms with Crippen LogP contribution in [0.25, 0.3) is 11.3 Å². The number of hydrogen-bond donors (Lipinski definition) is 1. The minimum Gasteiger partial charge on any atom is -0.455 e. The summed E-state index contributed by atoms with van der Waals surface area (Å²) >= 11 is 0. The molecule has 0 fully saturated rings. The lowest BCUT2D eigenvalue weighted by atomic mass is 10.1. The number of rotatable bonds is 5. The van der Waals surface area contributed by atoms with E-state index in [0.717, 1.165) is 0 Å². The zero-order valence-corrected chi connectivity index (χ0v) is 11.7. The number of hydrazone groups is 1. The summed E-state index contributed by atoms with van der Waals surface area (Å²) in [6.07, 6.45) is 0.673. The van der Waals surface area contributed by atoms with E-state index < -0.39 is 11.0 Å². The van der Waals surface area contributed by atoms with E-state index in [9.17, 15) is 14.9 Å². The molecule has 0 saturated heterocycles. The molecule has 8 heteroatoms. The number of nitrogens with zero attached hydrogens (tertiary/aromatic N) is 2. The van der Waals surface area contributed by atoms with E-state index in [1.165, 1.54) is 18.3 Å². The number of carbonyl (C=O) groups is 1. The van der Waals surface area contributed by atoms with E-state index in [2.05, 4.69) is 15.3 Å². The lowest BCUT2D eigenvalue weighted by Gasteiger charge is -1.98. The molecule has 0 unspecified atom stereocenters. The van der Waals surface area contributed by atoms with Crippen molar-refractivity contribution in [1.29, 1.82) is 0 Å². The van der Waals surface area contributed by atoms with Gasteiger partial charge in [-0.1, -0.05) is 0 Å². The normalized spacial score (nSPS) is 10.6. The van der Waals surface area contributed by atoms with Crippen LogP contribution in [0.2, 0.25) is 0 Å². The first-order chi connectivity index (χ1) is 10.6. The Morgan fingerprint density at radius 1 is 1.36 bits per heavy atom. The van der Waals surface area contributed by atoms with E-state index in [1.54, 1.807) is 31.2 Å². The van der Waals surface area contributed by atoms with Crippen LogP contribution < -0.4 is 5.43 Å². The van der Waals surface area contributed by atoms with Crippen LogP contribution in [-0.4, -0.2) is 23.8 Å². The zero-order chi connectivity index (χ0) is 15.9. The lowest BCUT2D eigenvalue weighted by Crippen LogP contribution is -2.18. The zero-order valence-electron chi connectivity index (χ0n) is 11.7. The minimum atomic E-state index is -0.652. The second-order valence-corrected chi connectivity index (χ2v) is 4.10. The maximum atomic E-state index is 11.0. The number of benzene rings is 1. The Balaban J connectivity index is 2.03. The van der Waals surface area contributed by atoms with E-state index in [0.29, 0.717) is 17.1 Å². The van der Waals surface area contributed by atoms with Crippen molar-refractivity contribution in [3.05, 3.63) is 52.3 Å². The highest BCUT2D eigenvalue weighted by atomic mass is 16.6. The fraction of sp³-hybridized carbons (Fsp3) is 0.143. The number of non-ortho nitro benzene ring substituents is 1. The van der Waals surface area contributed by atoms with Crippen molar-refractivity contribution in [1.82, 2.24) is 5.43 Å². The van der Waals surface area contributed by atoms with Crippen molar-refractivity contribution in [2.45, 2.75) is 6.92 Å². The maximum Gasteiger partial charge on any atom is 0.427 e. The molecular formula is C14H13N3O5. The number of nitro groups is 1. The van der Waals surface area contributed by atoms with E-state index >= 15 is 0 Å². The molecule has 114 valence electrons. The molecule has 0 bridgehead atoms. The monoisotopic (exact) mass is 303 g/mol. The molecule has 2 aromatic rings. The Morgan fingerprint density at radius 2 is 2.09 bits per heavy atom. The quantitative estimate of drug-likeness (QED) is 0.519. The highest BCUT2D eigenvalue weighted by molar-refractivity contribution is 5.79. The molecule has 8 nitrogen and oxygen atoms in total. The predicted octanol–water partition coefficient (Wildman–Crippen LogP) is 2.93. The van der Waals surface area contributed by atoms with Gasteiger partial charge in [-0.15, -0.1) is 0 Å². The van der Waals surface area contributed by atoms with Crippen LogP contribution in [0.3, 0.4) is 0 Å². The van der Waals surface area contributed by atoms with Crippen LogP contribution in [0.5, 0.6) is 0 Å². The molecule has 22 heavy (non-hydrogen) atoms. The first-order valence-electron chi connectivity index (χ1n) is 6.40. The molecule has 0 atom stereocenters. The van der Waals surface area contributed by atoms with Crippen LogP contribution in [0.1, 0.15) is 12.7 Å². The fourth-order valence-electron chi connectivity index (χ4n) is 1.64.